The first kappa shape index (κ1) is 21.8. The third kappa shape index (κ3) is 4.83. The summed E-state index contributed by atoms with van der Waals surface area (Å²) in [7, 11) is 3.77. The first-order chi connectivity index (χ1) is 14.8. The van der Waals surface area contributed by atoms with Crippen molar-refractivity contribution in [1.29, 1.82) is 0 Å². The van der Waals surface area contributed by atoms with Crippen molar-refractivity contribution in [1.82, 2.24) is 19.4 Å². The third-order valence-corrected chi connectivity index (χ3v) is 5.13. The van der Waals surface area contributed by atoms with Crippen LogP contribution in [0.1, 0.15) is 24.6 Å². The Labute approximate surface area is 180 Å². The molecule has 3 rings (SSSR count). The van der Waals surface area contributed by atoms with E-state index in [9.17, 15) is 9.59 Å². The summed E-state index contributed by atoms with van der Waals surface area (Å²) in [5.74, 6) is -0.130. The molecule has 0 aliphatic heterocycles. The molecule has 7 heteroatoms. The minimum Gasteiger partial charge on any atom is -0.398 e. The van der Waals surface area contributed by atoms with Crippen molar-refractivity contribution in [3.8, 4) is 0 Å². The Balaban J connectivity index is 1.79. The van der Waals surface area contributed by atoms with E-state index < -0.39 is 0 Å². The van der Waals surface area contributed by atoms with Crippen LogP contribution in [-0.4, -0.2) is 32.4 Å². The van der Waals surface area contributed by atoms with Gasteiger partial charge >= 0.3 is 0 Å². The normalized spacial score (nSPS) is 12.7. The van der Waals surface area contributed by atoms with Gasteiger partial charge in [-0.1, -0.05) is 18.2 Å². The molecule has 0 unspecified atom stereocenters. The first-order valence-corrected chi connectivity index (χ1v) is 9.97. The van der Waals surface area contributed by atoms with E-state index in [1.165, 1.54) is 12.1 Å². The molecule has 0 bridgehead atoms. The molecule has 0 radical (unpaired) electrons. The van der Waals surface area contributed by atoms with E-state index in [2.05, 4.69) is 39.3 Å². The topological polar surface area (TPSA) is 97.0 Å². The van der Waals surface area contributed by atoms with Gasteiger partial charge in [-0.2, -0.15) is 0 Å². The SMILES string of the molecule is C=CCC=c1cc(CN(C)C(=O)/C=C/c2cnc3[nH]c(=O)cc(N)c3c2)n(C)/c1=C/C. The molecule has 3 aromatic rings. The van der Waals surface area contributed by atoms with Crippen LogP contribution >= 0.6 is 0 Å². The molecule has 0 saturated heterocycles. The molecule has 0 fully saturated rings. The van der Waals surface area contributed by atoms with Gasteiger partial charge in [0.05, 0.1) is 6.54 Å². The Kier molecular flexibility index (Phi) is 6.55. The van der Waals surface area contributed by atoms with Gasteiger partial charge in [0.1, 0.15) is 5.65 Å². The predicted octanol–water partition coefficient (Wildman–Crippen LogP) is 1.67. The highest BCUT2D eigenvalue weighted by molar-refractivity contribution is 5.93. The number of likely N-dealkylation sites (N-methyl/N-ethyl adjacent to an activating group) is 1. The van der Waals surface area contributed by atoms with Crippen LogP contribution in [0, 0.1) is 0 Å². The summed E-state index contributed by atoms with van der Waals surface area (Å²) in [6.45, 7) is 6.25. The van der Waals surface area contributed by atoms with Crippen molar-refractivity contribution in [3.63, 3.8) is 0 Å². The zero-order chi connectivity index (χ0) is 22.5. The smallest absolute Gasteiger partial charge is 0.251 e. The molecular weight excluding hydrogens is 390 g/mol. The lowest BCUT2D eigenvalue weighted by Crippen LogP contribution is -2.29. The van der Waals surface area contributed by atoms with Crippen LogP contribution in [0.5, 0.6) is 0 Å². The summed E-state index contributed by atoms with van der Waals surface area (Å²) in [5, 5.41) is 2.89. The van der Waals surface area contributed by atoms with Gasteiger partial charge in [0, 0.05) is 54.6 Å². The number of nitrogens with one attached hydrogen (secondary N) is 1. The average Bonchev–Trinajstić information content (AvgIpc) is 3.04. The highest BCUT2D eigenvalue weighted by Gasteiger charge is 2.10. The van der Waals surface area contributed by atoms with Gasteiger partial charge in [-0.3, -0.25) is 9.59 Å². The Morgan fingerprint density at radius 2 is 2.13 bits per heavy atom. The highest BCUT2D eigenvalue weighted by Crippen LogP contribution is 2.17. The number of nitrogen functional groups attached to an aromatic ring is 1. The molecule has 0 aromatic carbocycles. The minimum absolute atomic E-state index is 0.130. The molecule has 1 amide bonds. The number of nitrogens with two attached hydrogens (primary N) is 1. The average molecular weight is 418 g/mol. The maximum absolute atomic E-state index is 12.6. The van der Waals surface area contributed by atoms with Gasteiger partial charge < -0.3 is 20.2 Å². The number of hydrogen-bond acceptors (Lipinski definition) is 4. The molecule has 0 aliphatic carbocycles. The summed E-state index contributed by atoms with van der Waals surface area (Å²) in [6.07, 6.45) is 11.6. The van der Waals surface area contributed by atoms with Crippen molar-refractivity contribution in [2.45, 2.75) is 19.9 Å². The van der Waals surface area contributed by atoms with Crippen molar-refractivity contribution in [2.24, 2.45) is 7.05 Å². The van der Waals surface area contributed by atoms with Gasteiger partial charge in [-0.05, 0) is 42.3 Å². The number of H-pyrrole nitrogens is 1. The number of pyridine rings is 2. The number of fused-ring (bicyclic) bond motifs is 1. The number of hydrogen-bond donors (Lipinski definition) is 2. The number of aromatic amines is 1. The molecule has 0 atom stereocenters. The number of anilines is 1. The maximum Gasteiger partial charge on any atom is 0.251 e. The fourth-order valence-electron chi connectivity index (χ4n) is 3.46. The van der Waals surface area contributed by atoms with Crippen LogP contribution in [0.15, 0.2) is 47.9 Å². The highest BCUT2D eigenvalue weighted by atomic mass is 16.2. The van der Waals surface area contributed by atoms with Crippen molar-refractivity contribution >= 4 is 40.9 Å². The van der Waals surface area contributed by atoms with E-state index in [0.717, 1.165) is 28.2 Å². The zero-order valence-corrected chi connectivity index (χ0v) is 18.1. The van der Waals surface area contributed by atoms with Crippen LogP contribution in [0.2, 0.25) is 0 Å². The number of rotatable bonds is 6. The van der Waals surface area contributed by atoms with E-state index in [1.54, 1.807) is 30.3 Å². The van der Waals surface area contributed by atoms with Gasteiger partial charge in [0.15, 0.2) is 0 Å². The van der Waals surface area contributed by atoms with Crippen LogP contribution in [0.3, 0.4) is 0 Å². The van der Waals surface area contributed by atoms with Gasteiger partial charge in [-0.25, -0.2) is 4.98 Å². The summed E-state index contributed by atoms with van der Waals surface area (Å²) in [4.78, 5) is 32.7. The van der Waals surface area contributed by atoms with E-state index in [-0.39, 0.29) is 11.5 Å². The lowest BCUT2D eigenvalue weighted by Gasteiger charge is -2.15. The van der Waals surface area contributed by atoms with Crippen LogP contribution in [0.4, 0.5) is 5.69 Å². The summed E-state index contributed by atoms with van der Waals surface area (Å²) in [6, 6.07) is 5.21. The molecular formula is C24H27N5O2. The first-order valence-electron chi connectivity index (χ1n) is 9.97. The Hall–Kier alpha value is -3.87. The lowest BCUT2D eigenvalue weighted by atomic mass is 10.2. The molecule has 7 nitrogen and oxygen atoms in total. The number of aromatic nitrogens is 3. The fraction of sp³-hybridized carbons (Fsp3) is 0.208. The number of amides is 1. The van der Waals surface area contributed by atoms with E-state index in [1.807, 2.05) is 20.0 Å². The molecule has 3 aromatic heterocycles. The standard InChI is InChI=1S/C24H27N5O2/c1-5-7-8-17-12-18(29(4)21(17)6-2)15-28(3)23(31)10-9-16-11-19-20(25)13-22(30)27-24(19)26-14-16/h5-6,8-14H,1,7,15H2,2-4H3,(H3,25,26,27,30)/b10-9+,17-8?,21-6+. The van der Waals surface area contributed by atoms with Crippen molar-refractivity contribution in [3.05, 3.63) is 75.3 Å². The number of allylic oxidation sites excluding steroid dienone is 1. The van der Waals surface area contributed by atoms with Gasteiger partial charge in [-0.15, -0.1) is 6.58 Å². The number of carbonyl (C=O) groups excluding carboxylic acids is 1. The van der Waals surface area contributed by atoms with Crippen molar-refractivity contribution in [2.75, 3.05) is 12.8 Å². The third-order valence-electron chi connectivity index (χ3n) is 5.13. The second-order valence-electron chi connectivity index (χ2n) is 7.33. The van der Waals surface area contributed by atoms with Crippen LogP contribution < -0.4 is 21.9 Å². The molecule has 3 heterocycles. The zero-order valence-electron chi connectivity index (χ0n) is 18.1. The fourth-order valence-corrected chi connectivity index (χ4v) is 3.46. The van der Waals surface area contributed by atoms with E-state index in [0.29, 0.717) is 23.3 Å². The Morgan fingerprint density at radius 1 is 1.35 bits per heavy atom. The molecule has 0 spiro atoms. The largest absolute Gasteiger partial charge is 0.398 e. The molecule has 0 saturated carbocycles. The second kappa shape index (κ2) is 9.30. The summed E-state index contributed by atoms with van der Waals surface area (Å²) < 4.78 is 2.10. The second-order valence-corrected chi connectivity index (χ2v) is 7.33. The monoisotopic (exact) mass is 417 g/mol. The molecule has 3 N–H and O–H groups in total. The summed E-state index contributed by atoms with van der Waals surface area (Å²) >= 11 is 0. The molecule has 0 aliphatic rings. The quantitative estimate of drug-likeness (QED) is 0.471. The van der Waals surface area contributed by atoms with Gasteiger partial charge in [0.2, 0.25) is 5.91 Å². The number of carbonyl (C=O) groups is 1. The Morgan fingerprint density at radius 3 is 2.84 bits per heavy atom. The summed E-state index contributed by atoms with van der Waals surface area (Å²) in [5.41, 5.74) is 8.14. The number of nitrogens with zero attached hydrogens (tertiary/aromatic N) is 3. The van der Waals surface area contributed by atoms with E-state index >= 15 is 0 Å². The molecule has 31 heavy (non-hydrogen) atoms. The maximum atomic E-state index is 12.6. The molecule has 160 valence electrons. The Bertz CT molecular complexity index is 1340. The lowest BCUT2D eigenvalue weighted by molar-refractivity contribution is -0.125. The van der Waals surface area contributed by atoms with Gasteiger partial charge in [0.25, 0.3) is 5.56 Å². The van der Waals surface area contributed by atoms with Crippen LogP contribution in [0.25, 0.3) is 29.3 Å². The van der Waals surface area contributed by atoms with Crippen molar-refractivity contribution < 1.29 is 4.79 Å². The minimum atomic E-state index is -0.299. The van der Waals surface area contributed by atoms with E-state index in [4.69, 9.17) is 5.73 Å². The van der Waals surface area contributed by atoms with Crippen LogP contribution in [-0.2, 0) is 18.4 Å². The predicted molar refractivity (Wildman–Crippen MR) is 126 cm³/mol.